The molecule has 0 bridgehead atoms. The maximum atomic E-state index is 5.30. The molecule has 1 aromatic rings. The molecule has 6 heteroatoms. The number of aryl methyl sites for hydroxylation is 1. The lowest BCUT2D eigenvalue weighted by atomic mass is 10.2. The summed E-state index contributed by atoms with van der Waals surface area (Å²) in [5, 5.41) is 15.2. The molecule has 1 aliphatic carbocycles. The molecular weight excluding hydrogens is 234 g/mol. The van der Waals surface area contributed by atoms with Gasteiger partial charge in [-0.3, -0.25) is 0 Å². The van der Waals surface area contributed by atoms with Crippen LogP contribution < -0.4 is 10.6 Å². The molecule has 1 fully saturated rings. The highest BCUT2D eigenvalue weighted by Gasteiger charge is 2.17. The Bertz CT molecular complexity index is 383. The van der Waals surface area contributed by atoms with E-state index in [-0.39, 0.29) is 6.04 Å². The smallest absolute Gasteiger partial charge is 0.167 e. The lowest BCUT2D eigenvalue weighted by Crippen LogP contribution is -2.42. The Kier molecular flexibility index (Phi) is 3.93. The Labute approximate surface area is 107 Å². The number of nitrogens with one attached hydrogen (secondary N) is 2. The van der Waals surface area contributed by atoms with Crippen molar-refractivity contribution in [1.29, 1.82) is 0 Å². The maximum absolute atomic E-state index is 5.30. The first kappa shape index (κ1) is 12.3. The van der Waals surface area contributed by atoms with Gasteiger partial charge in [-0.2, -0.15) is 0 Å². The van der Waals surface area contributed by atoms with Crippen LogP contribution >= 0.6 is 12.2 Å². The van der Waals surface area contributed by atoms with Crippen LogP contribution in [0, 0.1) is 0 Å². The second-order valence-electron chi connectivity index (χ2n) is 4.62. The summed E-state index contributed by atoms with van der Waals surface area (Å²) >= 11 is 5.30. The Morgan fingerprint density at radius 3 is 2.82 bits per heavy atom. The molecule has 94 valence electrons. The van der Waals surface area contributed by atoms with Crippen molar-refractivity contribution in [3.63, 3.8) is 0 Å². The summed E-state index contributed by atoms with van der Waals surface area (Å²) in [6.07, 6.45) is 6.75. The summed E-state index contributed by atoms with van der Waals surface area (Å²) in [7, 11) is 1.93. The third-order valence-electron chi connectivity index (χ3n) is 3.17. The fourth-order valence-electron chi connectivity index (χ4n) is 2.24. The Morgan fingerprint density at radius 2 is 2.24 bits per heavy atom. The van der Waals surface area contributed by atoms with E-state index >= 15 is 0 Å². The number of rotatable bonds is 3. The molecule has 1 unspecified atom stereocenters. The first-order valence-corrected chi connectivity index (χ1v) is 6.48. The van der Waals surface area contributed by atoms with Gasteiger partial charge in [0.1, 0.15) is 6.33 Å². The van der Waals surface area contributed by atoms with Gasteiger partial charge in [0.2, 0.25) is 0 Å². The highest BCUT2D eigenvalue weighted by molar-refractivity contribution is 7.80. The fourth-order valence-corrected chi connectivity index (χ4v) is 2.59. The molecular formula is C11H19N5S. The van der Waals surface area contributed by atoms with Gasteiger partial charge < -0.3 is 15.2 Å². The van der Waals surface area contributed by atoms with Gasteiger partial charge in [0.25, 0.3) is 0 Å². The van der Waals surface area contributed by atoms with Crippen molar-refractivity contribution in [3.8, 4) is 0 Å². The van der Waals surface area contributed by atoms with E-state index in [0.717, 1.165) is 5.82 Å². The molecule has 0 amide bonds. The van der Waals surface area contributed by atoms with E-state index in [1.165, 1.54) is 25.7 Å². The molecule has 0 aromatic carbocycles. The van der Waals surface area contributed by atoms with Crippen molar-refractivity contribution < 1.29 is 0 Å². The van der Waals surface area contributed by atoms with Gasteiger partial charge in [0.05, 0.1) is 6.04 Å². The molecule has 1 heterocycles. The van der Waals surface area contributed by atoms with Crippen LogP contribution in [0.3, 0.4) is 0 Å². The van der Waals surface area contributed by atoms with Crippen molar-refractivity contribution in [3.05, 3.63) is 12.2 Å². The average Bonchev–Trinajstić information content (AvgIpc) is 2.88. The summed E-state index contributed by atoms with van der Waals surface area (Å²) in [6.45, 7) is 2.03. The molecule has 1 aromatic heterocycles. The third kappa shape index (κ3) is 3.15. The van der Waals surface area contributed by atoms with E-state index in [4.69, 9.17) is 12.2 Å². The molecule has 1 saturated carbocycles. The van der Waals surface area contributed by atoms with Crippen molar-refractivity contribution in [2.45, 2.75) is 44.7 Å². The lowest BCUT2D eigenvalue weighted by molar-refractivity contribution is 0.583. The van der Waals surface area contributed by atoms with Crippen LogP contribution in [0.15, 0.2) is 6.33 Å². The van der Waals surface area contributed by atoms with Crippen molar-refractivity contribution >= 4 is 17.3 Å². The molecule has 5 nitrogen and oxygen atoms in total. The SMILES string of the molecule is CC(NC(=S)NC1CCCC1)c1nncn1C. The van der Waals surface area contributed by atoms with Crippen LogP contribution in [0.1, 0.15) is 44.5 Å². The van der Waals surface area contributed by atoms with Crippen LogP contribution in [0.5, 0.6) is 0 Å². The maximum Gasteiger partial charge on any atom is 0.167 e. The van der Waals surface area contributed by atoms with Gasteiger partial charge in [-0.25, -0.2) is 0 Å². The molecule has 2 N–H and O–H groups in total. The van der Waals surface area contributed by atoms with E-state index in [1.54, 1.807) is 6.33 Å². The molecule has 1 atom stereocenters. The molecule has 0 radical (unpaired) electrons. The van der Waals surface area contributed by atoms with E-state index in [2.05, 4.69) is 20.8 Å². The number of hydrogen-bond acceptors (Lipinski definition) is 3. The summed E-state index contributed by atoms with van der Waals surface area (Å²) < 4.78 is 1.90. The normalized spacial score (nSPS) is 18.0. The Hall–Kier alpha value is -1.17. The van der Waals surface area contributed by atoms with Crippen LogP contribution in [0.2, 0.25) is 0 Å². The highest BCUT2D eigenvalue weighted by Crippen LogP contribution is 2.17. The second-order valence-corrected chi connectivity index (χ2v) is 5.03. The molecule has 0 aliphatic heterocycles. The highest BCUT2D eigenvalue weighted by atomic mass is 32.1. The van der Waals surface area contributed by atoms with Gasteiger partial charge >= 0.3 is 0 Å². The first-order chi connectivity index (χ1) is 8.16. The zero-order valence-electron chi connectivity index (χ0n) is 10.3. The van der Waals surface area contributed by atoms with E-state index in [1.807, 2.05) is 18.5 Å². The molecule has 1 aliphatic rings. The Morgan fingerprint density at radius 1 is 1.53 bits per heavy atom. The molecule has 0 spiro atoms. The quantitative estimate of drug-likeness (QED) is 0.795. The van der Waals surface area contributed by atoms with Gasteiger partial charge in [-0.05, 0) is 32.0 Å². The summed E-state index contributed by atoms with van der Waals surface area (Å²) in [5.41, 5.74) is 0. The van der Waals surface area contributed by atoms with Gasteiger partial charge in [0.15, 0.2) is 10.9 Å². The Balaban J connectivity index is 1.83. The van der Waals surface area contributed by atoms with Gasteiger partial charge in [-0.15, -0.1) is 10.2 Å². The molecule has 17 heavy (non-hydrogen) atoms. The standard InChI is InChI=1S/C11H19N5S/c1-8(10-15-12-7-16(10)2)13-11(17)14-9-5-3-4-6-9/h7-9H,3-6H2,1-2H3,(H2,13,14,17). The summed E-state index contributed by atoms with van der Waals surface area (Å²) in [5.74, 6) is 0.889. The van der Waals surface area contributed by atoms with Gasteiger partial charge in [0, 0.05) is 13.1 Å². The third-order valence-corrected chi connectivity index (χ3v) is 3.41. The summed E-state index contributed by atoms with van der Waals surface area (Å²) in [6, 6.07) is 0.616. The van der Waals surface area contributed by atoms with E-state index in [0.29, 0.717) is 11.2 Å². The van der Waals surface area contributed by atoms with Gasteiger partial charge in [-0.1, -0.05) is 12.8 Å². The number of nitrogens with zero attached hydrogens (tertiary/aromatic N) is 3. The van der Waals surface area contributed by atoms with E-state index in [9.17, 15) is 0 Å². The molecule has 2 rings (SSSR count). The predicted octanol–water partition coefficient (Wildman–Crippen LogP) is 1.28. The van der Waals surface area contributed by atoms with Crippen molar-refractivity contribution in [2.24, 2.45) is 7.05 Å². The second kappa shape index (κ2) is 5.44. The zero-order chi connectivity index (χ0) is 12.3. The minimum absolute atomic E-state index is 0.0731. The van der Waals surface area contributed by atoms with Crippen LogP contribution in [0.25, 0.3) is 0 Å². The summed E-state index contributed by atoms with van der Waals surface area (Å²) in [4.78, 5) is 0. The predicted molar refractivity (Wildman–Crippen MR) is 70.5 cm³/mol. The zero-order valence-corrected chi connectivity index (χ0v) is 11.1. The van der Waals surface area contributed by atoms with Crippen molar-refractivity contribution in [2.75, 3.05) is 0 Å². The fraction of sp³-hybridized carbons (Fsp3) is 0.727. The van der Waals surface area contributed by atoms with E-state index < -0.39 is 0 Å². The minimum atomic E-state index is 0.0731. The molecule has 0 saturated heterocycles. The largest absolute Gasteiger partial charge is 0.360 e. The number of thiocarbonyl (C=S) groups is 1. The number of aromatic nitrogens is 3. The first-order valence-electron chi connectivity index (χ1n) is 6.07. The van der Waals surface area contributed by atoms with Crippen LogP contribution in [-0.2, 0) is 7.05 Å². The number of hydrogen-bond donors (Lipinski definition) is 2. The van der Waals surface area contributed by atoms with Crippen LogP contribution in [-0.4, -0.2) is 25.9 Å². The lowest BCUT2D eigenvalue weighted by Gasteiger charge is -2.19. The minimum Gasteiger partial charge on any atom is -0.360 e. The monoisotopic (exact) mass is 253 g/mol. The average molecular weight is 253 g/mol. The topological polar surface area (TPSA) is 54.8 Å². The van der Waals surface area contributed by atoms with Crippen molar-refractivity contribution in [1.82, 2.24) is 25.4 Å². The van der Waals surface area contributed by atoms with Crippen LogP contribution in [0.4, 0.5) is 0 Å².